The summed E-state index contributed by atoms with van der Waals surface area (Å²) in [4.78, 5) is 19.7. The highest BCUT2D eigenvalue weighted by Crippen LogP contribution is 2.32. The van der Waals surface area contributed by atoms with Gasteiger partial charge >= 0.3 is 0 Å². The summed E-state index contributed by atoms with van der Waals surface area (Å²) >= 11 is 3.54. The van der Waals surface area contributed by atoms with Crippen LogP contribution in [0.2, 0.25) is 0 Å². The molecule has 0 aliphatic carbocycles. The molecular formula is C17H22BrN3O. The third-order valence-corrected chi connectivity index (χ3v) is 5.22. The van der Waals surface area contributed by atoms with Gasteiger partial charge in [0.25, 0.3) is 5.56 Å². The number of hydrogen-bond donors (Lipinski definition) is 0. The number of rotatable bonds is 1. The first kappa shape index (κ1) is 15.5. The molecule has 0 spiro atoms. The number of piperidine rings is 1. The fourth-order valence-corrected chi connectivity index (χ4v) is 3.68. The SMILES string of the molecule is Cc1cc(Br)c2nc(N3CCC(C)(C)CC3)c(C)c(=O)n2c1. The molecule has 1 saturated heterocycles. The molecule has 2 aromatic heterocycles. The maximum absolute atomic E-state index is 12.7. The molecule has 3 heterocycles. The molecule has 5 heteroatoms. The number of fused-ring (bicyclic) bond motifs is 1. The van der Waals surface area contributed by atoms with Crippen molar-refractivity contribution >= 4 is 27.4 Å². The zero-order valence-corrected chi connectivity index (χ0v) is 15.2. The third-order valence-electron chi connectivity index (χ3n) is 4.63. The normalized spacial score (nSPS) is 18.0. The van der Waals surface area contributed by atoms with Gasteiger partial charge in [-0.05, 0) is 59.7 Å². The molecule has 0 bridgehead atoms. The highest BCUT2D eigenvalue weighted by atomic mass is 79.9. The van der Waals surface area contributed by atoms with Gasteiger partial charge in [-0.3, -0.25) is 9.20 Å². The molecule has 22 heavy (non-hydrogen) atoms. The monoisotopic (exact) mass is 363 g/mol. The van der Waals surface area contributed by atoms with E-state index in [1.54, 1.807) is 4.40 Å². The molecule has 0 atom stereocenters. The van der Waals surface area contributed by atoms with Crippen molar-refractivity contribution in [2.75, 3.05) is 18.0 Å². The zero-order chi connectivity index (χ0) is 16.1. The van der Waals surface area contributed by atoms with Crippen molar-refractivity contribution in [2.45, 2.75) is 40.5 Å². The van der Waals surface area contributed by atoms with E-state index in [4.69, 9.17) is 4.98 Å². The lowest BCUT2D eigenvalue weighted by molar-refractivity contribution is 0.279. The lowest BCUT2D eigenvalue weighted by Crippen LogP contribution is -2.39. The van der Waals surface area contributed by atoms with Gasteiger partial charge in [-0.15, -0.1) is 0 Å². The van der Waals surface area contributed by atoms with Crippen LogP contribution in [0.1, 0.15) is 37.8 Å². The van der Waals surface area contributed by atoms with Crippen LogP contribution in [0.25, 0.3) is 5.65 Å². The molecule has 0 radical (unpaired) electrons. The molecule has 1 aliphatic heterocycles. The van der Waals surface area contributed by atoms with Crippen LogP contribution in [0.4, 0.5) is 5.82 Å². The average molecular weight is 364 g/mol. The van der Waals surface area contributed by atoms with Gasteiger partial charge in [-0.25, -0.2) is 4.98 Å². The van der Waals surface area contributed by atoms with Crippen molar-refractivity contribution in [1.29, 1.82) is 0 Å². The first-order valence-corrected chi connectivity index (χ1v) is 8.52. The molecule has 3 rings (SSSR count). The summed E-state index contributed by atoms with van der Waals surface area (Å²) in [5, 5.41) is 0. The van der Waals surface area contributed by atoms with Crippen molar-refractivity contribution in [3.63, 3.8) is 0 Å². The molecule has 2 aromatic rings. The van der Waals surface area contributed by atoms with E-state index >= 15 is 0 Å². The Morgan fingerprint density at radius 3 is 2.50 bits per heavy atom. The highest BCUT2D eigenvalue weighted by molar-refractivity contribution is 9.10. The maximum atomic E-state index is 12.7. The molecular weight excluding hydrogens is 342 g/mol. The van der Waals surface area contributed by atoms with E-state index < -0.39 is 0 Å². The minimum atomic E-state index is 0.0224. The van der Waals surface area contributed by atoms with E-state index in [1.807, 2.05) is 26.1 Å². The van der Waals surface area contributed by atoms with E-state index in [-0.39, 0.29) is 5.56 Å². The van der Waals surface area contributed by atoms with Crippen molar-refractivity contribution < 1.29 is 0 Å². The highest BCUT2D eigenvalue weighted by Gasteiger charge is 2.27. The summed E-state index contributed by atoms with van der Waals surface area (Å²) in [5.74, 6) is 0.838. The number of pyridine rings is 1. The second-order valence-corrected chi connectivity index (χ2v) is 7.93. The Kier molecular flexibility index (Phi) is 3.79. The van der Waals surface area contributed by atoms with Crippen LogP contribution in [-0.4, -0.2) is 22.5 Å². The quantitative estimate of drug-likeness (QED) is 0.774. The van der Waals surface area contributed by atoms with E-state index in [2.05, 4.69) is 34.7 Å². The molecule has 1 aliphatic rings. The number of nitrogens with zero attached hydrogens (tertiary/aromatic N) is 3. The van der Waals surface area contributed by atoms with E-state index in [1.165, 1.54) is 0 Å². The van der Waals surface area contributed by atoms with Crippen LogP contribution in [-0.2, 0) is 0 Å². The molecule has 0 aromatic carbocycles. The lowest BCUT2D eigenvalue weighted by atomic mass is 9.82. The van der Waals surface area contributed by atoms with Crippen LogP contribution in [0, 0.1) is 19.3 Å². The fourth-order valence-electron chi connectivity index (χ4n) is 3.04. The molecule has 0 saturated carbocycles. The Morgan fingerprint density at radius 1 is 1.23 bits per heavy atom. The van der Waals surface area contributed by atoms with Crippen LogP contribution in [0.5, 0.6) is 0 Å². The minimum Gasteiger partial charge on any atom is -0.356 e. The summed E-state index contributed by atoms with van der Waals surface area (Å²) in [6.45, 7) is 10.4. The zero-order valence-electron chi connectivity index (χ0n) is 13.6. The van der Waals surface area contributed by atoms with Crippen LogP contribution < -0.4 is 10.5 Å². The van der Waals surface area contributed by atoms with Crippen LogP contribution >= 0.6 is 15.9 Å². The Hall–Kier alpha value is -1.36. The molecule has 1 fully saturated rings. The molecule has 4 nitrogen and oxygen atoms in total. The number of aromatic nitrogens is 2. The van der Waals surface area contributed by atoms with Crippen molar-refractivity contribution in [2.24, 2.45) is 5.41 Å². The van der Waals surface area contributed by atoms with Gasteiger partial charge in [0.05, 0.1) is 10.0 Å². The summed E-state index contributed by atoms with van der Waals surface area (Å²) < 4.78 is 2.51. The van der Waals surface area contributed by atoms with Gasteiger partial charge < -0.3 is 4.90 Å². The first-order valence-electron chi connectivity index (χ1n) is 7.72. The average Bonchev–Trinajstić information content (AvgIpc) is 2.44. The van der Waals surface area contributed by atoms with E-state index in [0.717, 1.165) is 47.3 Å². The second-order valence-electron chi connectivity index (χ2n) is 7.08. The van der Waals surface area contributed by atoms with Gasteiger partial charge in [-0.2, -0.15) is 0 Å². The number of aryl methyl sites for hydroxylation is 1. The van der Waals surface area contributed by atoms with Crippen molar-refractivity contribution in [3.8, 4) is 0 Å². The van der Waals surface area contributed by atoms with Gasteiger partial charge in [0.15, 0.2) is 5.65 Å². The van der Waals surface area contributed by atoms with E-state index in [0.29, 0.717) is 11.1 Å². The Bertz CT molecular complexity index is 785. The maximum Gasteiger partial charge on any atom is 0.262 e. The lowest BCUT2D eigenvalue weighted by Gasteiger charge is -2.38. The summed E-state index contributed by atoms with van der Waals surface area (Å²) in [6.07, 6.45) is 4.11. The van der Waals surface area contributed by atoms with Gasteiger partial charge in [0.1, 0.15) is 5.82 Å². The largest absolute Gasteiger partial charge is 0.356 e. The molecule has 0 unspecified atom stereocenters. The topological polar surface area (TPSA) is 37.6 Å². The van der Waals surface area contributed by atoms with Gasteiger partial charge in [-0.1, -0.05) is 13.8 Å². The first-order chi connectivity index (χ1) is 10.3. The summed E-state index contributed by atoms with van der Waals surface area (Å²) in [5.41, 5.74) is 2.87. The third kappa shape index (κ3) is 2.67. The van der Waals surface area contributed by atoms with Crippen LogP contribution in [0.3, 0.4) is 0 Å². The number of hydrogen-bond acceptors (Lipinski definition) is 3. The van der Waals surface area contributed by atoms with Gasteiger partial charge in [0.2, 0.25) is 0 Å². The minimum absolute atomic E-state index is 0.0224. The Labute approximate surface area is 139 Å². The van der Waals surface area contributed by atoms with E-state index in [9.17, 15) is 4.79 Å². The Balaban J connectivity index is 2.12. The molecule has 0 amide bonds. The summed E-state index contributed by atoms with van der Waals surface area (Å²) in [6, 6.07) is 2.00. The predicted molar refractivity (Wildman–Crippen MR) is 93.9 cm³/mol. The fraction of sp³-hybridized carbons (Fsp3) is 0.529. The number of halogens is 1. The smallest absolute Gasteiger partial charge is 0.262 e. The second kappa shape index (κ2) is 5.37. The molecule has 118 valence electrons. The van der Waals surface area contributed by atoms with Crippen LogP contribution in [0.15, 0.2) is 21.5 Å². The van der Waals surface area contributed by atoms with Crippen molar-refractivity contribution in [1.82, 2.24) is 9.38 Å². The summed E-state index contributed by atoms with van der Waals surface area (Å²) in [7, 11) is 0. The molecule has 0 N–H and O–H groups in total. The number of anilines is 1. The van der Waals surface area contributed by atoms with Crippen molar-refractivity contribution in [3.05, 3.63) is 38.2 Å². The van der Waals surface area contributed by atoms with Gasteiger partial charge in [0, 0.05) is 19.3 Å². The predicted octanol–water partition coefficient (Wildman–Crippen LogP) is 3.70. The Morgan fingerprint density at radius 2 is 1.86 bits per heavy atom. The standard InChI is InChI=1S/C17H22BrN3O/c1-11-9-13(18)15-19-14(12(2)16(22)21(15)10-11)20-7-5-17(3,4)6-8-20/h9-10H,5-8H2,1-4H3.